The second kappa shape index (κ2) is 4.85. The summed E-state index contributed by atoms with van der Waals surface area (Å²) in [5.74, 6) is 0.955. The Morgan fingerprint density at radius 1 is 1.30 bits per heavy atom. The Labute approximate surface area is 116 Å². The number of benzene rings is 1. The fraction of sp³-hybridized carbons (Fsp3) is 0.200. The van der Waals surface area contributed by atoms with E-state index in [4.69, 9.17) is 0 Å². The smallest absolute Gasteiger partial charge is 0.138 e. The lowest BCUT2D eigenvalue weighted by atomic mass is 10.1. The maximum Gasteiger partial charge on any atom is 0.138 e. The number of hydrogen-bond acceptors (Lipinski definition) is 4. The van der Waals surface area contributed by atoms with Crippen molar-refractivity contribution in [2.24, 2.45) is 7.05 Å². The molecule has 3 aromatic rings. The fourth-order valence-electron chi connectivity index (χ4n) is 2.28. The van der Waals surface area contributed by atoms with Crippen LogP contribution in [0.3, 0.4) is 0 Å². The molecule has 0 aliphatic heterocycles. The lowest BCUT2D eigenvalue weighted by Crippen LogP contribution is -1.96. The first-order valence-electron chi connectivity index (χ1n) is 6.54. The van der Waals surface area contributed by atoms with Crippen molar-refractivity contribution in [3.63, 3.8) is 0 Å². The van der Waals surface area contributed by atoms with Gasteiger partial charge in [-0.05, 0) is 30.0 Å². The van der Waals surface area contributed by atoms with Gasteiger partial charge >= 0.3 is 0 Å². The summed E-state index contributed by atoms with van der Waals surface area (Å²) < 4.78 is 1.78. The van der Waals surface area contributed by atoms with Crippen molar-refractivity contribution in [3.05, 3.63) is 42.4 Å². The number of anilines is 2. The summed E-state index contributed by atoms with van der Waals surface area (Å²) in [4.78, 5) is 4.37. The Kier molecular flexibility index (Phi) is 3.02. The number of fused-ring (bicyclic) bond motifs is 1. The van der Waals surface area contributed by atoms with Crippen LogP contribution in [0.4, 0.5) is 11.5 Å². The molecule has 0 fully saturated rings. The summed E-state index contributed by atoms with van der Waals surface area (Å²) in [5, 5.41) is 19.3. The van der Waals surface area contributed by atoms with Crippen LogP contribution >= 0.6 is 0 Å². The summed E-state index contributed by atoms with van der Waals surface area (Å²) in [6.07, 6.45) is 4.53. The van der Waals surface area contributed by atoms with Crippen molar-refractivity contribution in [2.45, 2.75) is 13.3 Å². The minimum atomic E-state index is 0.232. The molecule has 20 heavy (non-hydrogen) atoms. The molecule has 0 saturated heterocycles. The Morgan fingerprint density at radius 3 is 2.95 bits per heavy atom. The number of nitrogens with one attached hydrogen (secondary N) is 1. The second-order valence-electron chi connectivity index (χ2n) is 4.71. The zero-order valence-corrected chi connectivity index (χ0v) is 11.5. The summed E-state index contributed by atoms with van der Waals surface area (Å²) in [6, 6.07) is 7.19. The van der Waals surface area contributed by atoms with Gasteiger partial charge in [-0.15, -0.1) is 0 Å². The topological polar surface area (TPSA) is 63.0 Å². The van der Waals surface area contributed by atoms with Crippen LogP contribution in [0.5, 0.6) is 5.75 Å². The number of phenolic OH excluding ortho intramolecular Hbond substituents is 1. The first-order chi connectivity index (χ1) is 9.67. The Balaban J connectivity index is 2.08. The Hall–Kier alpha value is -2.56. The SMILES string of the molecule is CCc1nn(C)cc1Nc1nccc2ccc(O)cc12. The molecule has 2 aromatic heterocycles. The highest BCUT2D eigenvalue weighted by Gasteiger charge is 2.09. The molecule has 0 unspecified atom stereocenters. The number of rotatable bonds is 3. The maximum absolute atomic E-state index is 9.65. The maximum atomic E-state index is 9.65. The molecule has 0 atom stereocenters. The van der Waals surface area contributed by atoms with Crippen LogP contribution in [0, 0.1) is 0 Å². The number of aromatic nitrogens is 3. The van der Waals surface area contributed by atoms with Crippen LogP contribution in [0.15, 0.2) is 36.7 Å². The highest BCUT2D eigenvalue weighted by molar-refractivity contribution is 5.94. The van der Waals surface area contributed by atoms with Crippen molar-refractivity contribution in [1.82, 2.24) is 14.8 Å². The first-order valence-corrected chi connectivity index (χ1v) is 6.54. The van der Waals surface area contributed by atoms with Gasteiger partial charge in [0.25, 0.3) is 0 Å². The number of nitrogens with zero attached hydrogens (tertiary/aromatic N) is 3. The lowest BCUT2D eigenvalue weighted by molar-refractivity contribution is 0.476. The highest BCUT2D eigenvalue weighted by Crippen LogP contribution is 2.28. The van der Waals surface area contributed by atoms with Crippen LogP contribution in [-0.4, -0.2) is 19.9 Å². The fourth-order valence-corrected chi connectivity index (χ4v) is 2.28. The monoisotopic (exact) mass is 268 g/mol. The van der Waals surface area contributed by atoms with E-state index in [9.17, 15) is 5.11 Å². The number of pyridine rings is 1. The second-order valence-corrected chi connectivity index (χ2v) is 4.71. The average molecular weight is 268 g/mol. The average Bonchev–Trinajstić information content (AvgIpc) is 2.79. The highest BCUT2D eigenvalue weighted by atomic mass is 16.3. The number of hydrogen-bond donors (Lipinski definition) is 2. The van der Waals surface area contributed by atoms with E-state index < -0.39 is 0 Å². The van der Waals surface area contributed by atoms with Gasteiger partial charge in [-0.3, -0.25) is 4.68 Å². The predicted molar refractivity (Wildman–Crippen MR) is 79.3 cm³/mol. The van der Waals surface area contributed by atoms with E-state index in [1.54, 1.807) is 23.0 Å². The predicted octanol–water partition coefficient (Wildman–Crippen LogP) is 2.98. The van der Waals surface area contributed by atoms with Crippen molar-refractivity contribution in [2.75, 3.05) is 5.32 Å². The molecule has 3 rings (SSSR count). The molecule has 5 nitrogen and oxygen atoms in total. The molecule has 5 heteroatoms. The summed E-state index contributed by atoms with van der Waals surface area (Å²) >= 11 is 0. The normalized spacial score (nSPS) is 10.9. The summed E-state index contributed by atoms with van der Waals surface area (Å²) in [6.45, 7) is 2.07. The molecule has 0 saturated carbocycles. The van der Waals surface area contributed by atoms with Crippen LogP contribution in [0.1, 0.15) is 12.6 Å². The molecule has 0 spiro atoms. The van der Waals surface area contributed by atoms with E-state index in [0.29, 0.717) is 0 Å². The Bertz CT molecular complexity index is 764. The Morgan fingerprint density at radius 2 is 2.15 bits per heavy atom. The van der Waals surface area contributed by atoms with Crippen LogP contribution in [-0.2, 0) is 13.5 Å². The third kappa shape index (κ3) is 2.18. The molecular weight excluding hydrogens is 252 g/mol. The van der Waals surface area contributed by atoms with Gasteiger partial charge in [-0.25, -0.2) is 4.98 Å². The quantitative estimate of drug-likeness (QED) is 0.766. The number of phenols is 1. The van der Waals surface area contributed by atoms with Gasteiger partial charge in [0, 0.05) is 24.8 Å². The van der Waals surface area contributed by atoms with Gasteiger partial charge in [-0.2, -0.15) is 5.10 Å². The molecule has 0 amide bonds. The minimum Gasteiger partial charge on any atom is -0.508 e. The van der Waals surface area contributed by atoms with Gasteiger partial charge in [0.2, 0.25) is 0 Å². The van der Waals surface area contributed by atoms with Crippen molar-refractivity contribution < 1.29 is 5.11 Å². The standard InChI is InChI=1S/C15H16N4O/c1-3-13-14(9-19(2)18-13)17-15-12-8-11(20)5-4-10(12)6-7-16-15/h4-9,20H,3H2,1-2H3,(H,16,17). The summed E-state index contributed by atoms with van der Waals surface area (Å²) in [7, 11) is 1.90. The molecule has 0 aliphatic carbocycles. The van der Waals surface area contributed by atoms with Gasteiger partial charge in [0.05, 0.1) is 11.4 Å². The molecule has 102 valence electrons. The minimum absolute atomic E-state index is 0.232. The lowest BCUT2D eigenvalue weighted by Gasteiger charge is -2.08. The number of aromatic hydroxyl groups is 1. The number of aryl methyl sites for hydroxylation is 2. The molecule has 0 bridgehead atoms. The zero-order valence-electron chi connectivity index (χ0n) is 11.5. The van der Waals surface area contributed by atoms with E-state index in [1.807, 2.05) is 25.4 Å². The molecule has 0 aliphatic rings. The van der Waals surface area contributed by atoms with E-state index in [-0.39, 0.29) is 5.75 Å². The largest absolute Gasteiger partial charge is 0.508 e. The van der Waals surface area contributed by atoms with Gasteiger partial charge in [-0.1, -0.05) is 13.0 Å². The molecule has 1 aromatic carbocycles. The molecule has 2 N–H and O–H groups in total. The van der Waals surface area contributed by atoms with Gasteiger partial charge in [0.1, 0.15) is 11.6 Å². The third-order valence-electron chi connectivity index (χ3n) is 3.24. The van der Waals surface area contributed by atoms with Crippen LogP contribution in [0.25, 0.3) is 10.8 Å². The molecular formula is C15H16N4O. The molecule has 0 radical (unpaired) electrons. The summed E-state index contributed by atoms with van der Waals surface area (Å²) in [5.41, 5.74) is 1.93. The molecule has 2 heterocycles. The van der Waals surface area contributed by atoms with Crippen molar-refractivity contribution in [3.8, 4) is 5.75 Å². The van der Waals surface area contributed by atoms with Crippen LogP contribution < -0.4 is 5.32 Å². The van der Waals surface area contributed by atoms with E-state index in [0.717, 1.165) is 34.4 Å². The van der Waals surface area contributed by atoms with Gasteiger partial charge < -0.3 is 10.4 Å². The van der Waals surface area contributed by atoms with Crippen LogP contribution in [0.2, 0.25) is 0 Å². The van der Waals surface area contributed by atoms with E-state index in [1.165, 1.54) is 0 Å². The van der Waals surface area contributed by atoms with Gasteiger partial charge in [0.15, 0.2) is 0 Å². The van der Waals surface area contributed by atoms with E-state index in [2.05, 4.69) is 22.3 Å². The van der Waals surface area contributed by atoms with E-state index >= 15 is 0 Å². The van der Waals surface area contributed by atoms with Crippen molar-refractivity contribution >= 4 is 22.3 Å². The third-order valence-corrected chi connectivity index (χ3v) is 3.24. The van der Waals surface area contributed by atoms with Crippen molar-refractivity contribution in [1.29, 1.82) is 0 Å². The first kappa shape index (κ1) is 12.5. The zero-order chi connectivity index (χ0) is 14.1.